The number of piperazine rings is 1. The lowest BCUT2D eigenvalue weighted by molar-refractivity contribution is 0.0933. The maximum absolute atomic E-state index is 12.5. The third kappa shape index (κ3) is 4.38. The third-order valence-corrected chi connectivity index (χ3v) is 6.49. The summed E-state index contributed by atoms with van der Waals surface area (Å²) in [5, 5.41) is 5.24. The number of aryl methyl sites for hydroxylation is 1. The molecule has 134 valence electrons. The SMILES string of the molecule is CCN1CCN(CC(C)CNC(=O)c2csc3c2CCCC3)CC1. The van der Waals surface area contributed by atoms with Crippen LogP contribution < -0.4 is 5.32 Å². The second-order valence-electron chi connectivity index (χ2n) is 7.31. The molecule has 24 heavy (non-hydrogen) atoms. The minimum Gasteiger partial charge on any atom is -0.352 e. The normalized spacial score (nSPS) is 20.6. The Balaban J connectivity index is 1.44. The zero-order chi connectivity index (χ0) is 16.9. The zero-order valence-electron chi connectivity index (χ0n) is 15.1. The van der Waals surface area contributed by atoms with Crippen molar-refractivity contribution in [1.82, 2.24) is 15.1 Å². The maximum atomic E-state index is 12.5. The molecule has 0 spiro atoms. The predicted molar refractivity (Wildman–Crippen MR) is 101 cm³/mol. The van der Waals surface area contributed by atoms with Gasteiger partial charge in [0.25, 0.3) is 5.91 Å². The highest BCUT2D eigenvalue weighted by Crippen LogP contribution is 2.30. The number of rotatable bonds is 6. The first-order chi connectivity index (χ1) is 11.7. The van der Waals surface area contributed by atoms with Crippen LogP contribution in [0.5, 0.6) is 0 Å². The molecule has 1 amide bonds. The summed E-state index contributed by atoms with van der Waals surface area (Å²) in [6, 6.07) is 0. The molecule has 2 heterocycles. The molecule has 1 saturated heterocycles. The van der Waals surface area contributed by atoms with Crippen molar-refractivity contribution in [2.45, 2.75) is 39.5 Å². The molecule has 1 aliphatic heterocycles. The molecular formula is C19H31N3OS. The van der Waals surface area contributed by atoms with Gasteiger partial charge in [0, 0.05) is 49.5 Å². The van der Waals surface area contributed by atoms with Gasteiger partial charge in [0.15, 0.2) is 0 Å². The van der Waals surface area contributed by atoms with Gasteiger partial charge in [0.2, 0.25) is 0 Å². The molecule has 1 atom stereocenters. The second-order valence-corrected chi connectivity index (χ2v) is 8.27. The number of fused-ring (bicyclic) bond motifs is 1. The lowest BCUT2D eigenvalue weighted by Crippen LogP contribution is -2.48. The monoisotopic (exact) mass is 349 g/mol. The Morgan fingerprint density at radius 3 is 2.67 bits per heavy atom. The van der Waals surface area contributed by atoms with E-state index in [1.165, 1.54) is 36.4 Å². The molecule has 3 rings (SSSR count). The van der Waals surface area contributed by atoms with Crippen LogP contribution in [0.15, 0.2) is 5.38 Å². The molecule has 1 unspecified atom stereocenters. The lowest BCUT2D eigenvalue weighted by atomic mass is 9.95. The fourth-order valence-electron chi connectivity index (χ4n) is 3.84. The van der Waals surface area contributed by atoms with Crippen LogP contribution in [-0.4, -0.2) is 61.5 Å². The molecule has 4 nitrogen and oxygen atoms in total. The van der Waals surface area contributed by atoms with Crippen LogP contribution in [0.4, 0.5) is 0 Å². The van der Waals surface area contributed by atoms with E-state index < -0.39 is 0 Å². The van der Waals surface area contributed by atoms with E-state index in [1.54, 1.807) is 11.3 Å². The van der Waals surface area contributed by atoms with E-state index in [0.29, 0.717) is 5.92 Å². The van der Waals surface area contributed by atoms with E-state index >= 15 is 0 Å². The van der Waals surface area contributed by atoms with Gasteiger partial charge in [-0.05, 0) is 43.7 Å². The van der Waals surface area contributed by atoms with Crippen molar-refractivity contribution in [3.8, 4) is 0 Å². The predicted octanol–water partition coefficient (Wildman–Crippen LogP) is 2.63. The molecular weight excluding hydrogens is 318 g/mol. The van der Waals surface area contributed by atoms with Gasteiger partial charge >= 0.3 is 0 Å². The van der Waals surface area contributed by atoms with Gasteiger partial charge in [-0.2, -0.15) is 0 Å². The summed E-state index contributed by atoms with van der Waals surface area (Å²) >= 11 is 1.77. The fraction of sp³-hybridized carbons (Fsp3) is 0.737. The van der Waals surface area contributed by atoms with Crippen LogP contribution >= 0.6 is 11.3 Å². The van der Waals surface area contributed by atoms with Gasteiger partial charge in [-0.1, -0.05) is 13.8 Å². The Kier molecular flexibility index (Phi) is 6.31. The van der Waals surface area contributed by atoms with Crippen LogP contribution in [0.25, 0.3) is 0 Å². The minimum atomic E-state index is 0.136. The molecule has 0 aromatic carbocycles. The molecule has 1 N–H and O–H groups in total. The van der Waals surface area contributed by atoms with E-state index in [2.05, 4.69) is 34.3 Å². The summed E-state index contributed by atoms with van der Waals surface area (Å²) in [5.41, 5.74) is 2.27. The van der Waals surface area contributed by atoms with Crippen LogP contribution in [0, 0.1) is 5.92 Å². The lowest BCUT2D eigenvalue weighted by Gasteiger charge is -2.35. The first-order valence-corrected chi connectivity index (χ1v) is 10.4. The van der Waals surface area contributed by atoms with E-state index in [4.69, 9.17) is 0 Å². The Bertz CT molecular complexity index is 549. The van der Waals surface area contributed by atoms with Crippen molar-refractivity contribution in [3.05, 3.63) is 21.4 Å². The Labute approximate surface area is 150 Å². The van der Waals surface area contributed by atoms with Crippen molar-refractivity contribution < 1.29 is 4.79 Å². The average molecular weight is 350 g/mol. The van der Waals surface area contributed by atoms with Crippen molar-refractivity contribution in [2.24, 2.45) is 5.92 Å². The molecule has 2 aliphatic rings. The van der Waals surface area contributed by atoms with E-state index in [9.17, 15) is 4.79 Å². The largest absolute Gasteiger partial charge is 0.352 e. The number of nitrogens with one attached hydrogen (secondary N) is 1. The molecule has 5 heteroatoms. The molecule has 1 fully saturated rings. The molecule has 0 radical (unpaired) electrons. The first kappa shape index (κ1) is 17.9. The number of hydrogen-bond donors (Lipinski definition) is 1. The number of thiophene rings is 1. The second kappa shape index (κ2) is 8.45. The van der Waals surface area contributed by atoms with E-state index in [0.717, 1.165) is 51.1 Å². The summed E-state index contributed by atoms with van der Waals surface area (Å²) in [7, 11) is 0. The van der Waals surface area contributed by atoms with E-state index in [-0.39, 0.29) is 5.91 Å². The number of carbonyl (C=O) groups excluding carboxylic acids is 1. The maximum Gasteiger partial charge on any atom is 0.252 e. The molecule has 1 aromatic rings. The fourth-order valence-corrected chi connectivity index (χ4v) is 4.97. The van der Waals surface area contributed by atoms with Gasteiger partial charge in [-0.3, -0.25) is 4.79 Å². The smallest absolute Gasteiger partial charge is 0.252 e. The van der Waals surface area contributed by atoms with Crippen molar-refractivity contribution in [3.63, 3.8) is 0 Å². The number of likely N-dealkylation sites (N-methyl/N-ethyl adjacent to an activating group) is 1. The Hall–Kier alpha value is -0.910. The highest BCUT2D eigenvalue weighted by molar-refractivity contribution is 7.10. The van der Waals surface area contributed by atoms with E-state index in [1.807, 2.05) is 0 Å². The van der Waals surface area contributed by atoms with Gasteiger partial charge in [0.05, 0.1) is 5.56 Å². The topological polar surface area (TPSA) is 35.6 Å². The van der Waals surface area contributed by atoms with Crippen LogP contribution in [0.2, 0.25) is 0 Å². The highest BCUT2D eigenvalue weighted by atomic mass is 32.1. The Morgan fingerprint density at radius 1 is 1.21 bits per heavy atom. The quantitative estimate of drug-likeness (QED) is 0.857. The number of carbonyl (C=O) groups is 1. The van der Waals surface area contributed by atoms with Crippen LogP contribution in [0.1, 0.15) is 47.5 Å². The summed E-state index contributed by atoms with van der Waals surface area (Å²) in [6.07, 6.45) is 4.74. The highest BCUT2D eigenvalue weighted by Gasteiger charge is 2.21. The first-order valence-electron chi connectivity index (χ1n) is 9.49. The number of amides is 1. The Morgan fingerprint density at radius 2 is 1.92 bits per heavy atom. The number of hydrogen-bond acceptors (Lipinski definition) is 4. The average Bonchev–Trinajstić information content (AvgIpc) is 3.04. The molecule has 1 aliphatic carbocycles. The van der Waals surface area contributed by atoms with Crippen molar-refractivity contribution >= 4 is 17.2 Å². The standard InChI is InChI=1S/C19H31N3OS/c1-3-21-8-10-22(11-9-21)13-15(2)12-20-19(23)17-14-24-18-7-5-4-6-16(17)18/h14-15H,3-13H2,1-2H3,(H,20,23). The summed E-state index contributed by atoms with van der Waals surface area (Å²) < 4.78 is 0. The molecule has 1 aromatic heterocycles. The van der Waals surface area contributed by atoms with Gasteiger partial charge in [-0.25, -0.2) is 0 Å². The van der Waals surface area contributed by atoms with Gasteiger partial charge in [-0.15, -0.1) is 11.3 Å². The van der Waals surface area contributed by atoms with Crippen LogP contribution in [-0.2, 0) is 12.8 Å². The van der Waals surface area contributed by atoms with Crippen LogP contribution in [0.3, 0.4) is 0 Å². The number of nitrogens with zero attached hydrogens (tertiary/aromatic N) is 2. The third-order valence-electron chi connectivity index (χ3n) is 5.40. The van der Waals surface area contributed by atoms with Crippen molar-refractivity contribution in [2.75, 3.05) is 45.8 Å². The zero-order valence-corrected chi connectivity index (χ0v) is 16.0. The minimum absolute atomic E-state index is 0.136. The van der Waals surface area contributed by atoms with Crippen molar-refractivity contribution in [1.29, 1.82) is 0 Å². The van der Waals surface area contributed by atoms with Gasteiger partial charge < -0.3 is 15.1 Å². The summed E-state index contributed by atoms with van der Waals surface area (Å²) in [6.45, 7) is 12.2. The summed E-state index contributed by atoms with van der Waals surface area (Å²) in [5.74, 6) is 0.633. The molecule has 0 saturated carbocycles. The summed E-state index contributed by atoms with van der Waals surface area (Å²) in [4.78, 5) is 19.0. The molecule has 0 bridgehead atoms. The van der Waals surface area contributed by atoms with Gasteiger partial charge in [0.1, 0.15) is 0 Å².